The molecule has 1 fully saturated rings. The number of hydrogen-bond acceptors (Lipinski definition) is 3. The minimum atomic E-state index is -4.37. The van der Waals surface area contributed by atoms with E-state index in [4.69, 9.17) is 4.74 Å². The number of halogens is 3. The third kappa shape index (κ3) is 3.46. The van der Waals surface area contributed by atoms with E-state index in [0.29, 0.717) is 35.6 Å². The van der Waals surface area contributed by atoms with Gasteiger partial charge in [0.2, 0.25) is 0 Å². The molecule has 2 heterocycles. The highest BCUT2D eigenvalue weighted by Crippen LogP contribution is 2.34. The Kier molecular flexibility index (Phi) is 4.79. The lowest BCUT2D eigenvalue weighted by atomic mass is 10.00. The van der Waals surface area contributed by atoms with Crippen LogP contribution in [0.4, 0.5) is 13.2 Å². The van der Waals surface area contributed by atoms with Crippen molar-refractivity contribution < 1.29 is 22.7 Å². The van der Waals surface area contributed by atoms with Gasteiger partial charge in [-0.25, -0.2) is 0 Å². The van der Waals surface area contributed by atoms with Crippen LogP contribution in [0.3, 0.4) is 0 Å². The van der Waals surface area contributed by atoms with E-state index in [2.05, 4.69) is 11.8 Å². The smallest absolute Gasteiger partial charge is 0.416 e. The zero-order valence-electron chi connectivity index (χ0n) is 15.5. The Morgan fingerprint density at radius 2 is 1.79 bits per heavy atom. The van der Waals surface area contributed by atoms with E-state index < -0.39 is 11.7 Å². The van der Waals surface area contributed by atoms with Gasteiger partial charge in [-0.05, 0) is 41.9 Å². The Morgan fingerprint density at radius 3 is 2.46 bits per heavy atom. The molecule has 0 spiro atoms. The molecule has 0 N–H and O–H groups in total. The first-order chi connectivity index (χ1) is 13.4. The molecule has 0 aromatic heterocycles. The Balaban J connectivity index is 1.63. The molecule has 0 aliphatic carbocycles. The van der Waals surface area contributed by atoms with Gasteiger partial charge in [-0.3, -0.25) is 9.69 Å². The first-order valence-corrected chi connectivity index (χ1v) is 9.34. The summed E-state index contributed by atoms with van der Waals surface area (Å²) in [5, 5.41) is 0. The van der Waals surface area contributed by atoms with Crippen LogP contribution in [0.1, 0.15) is 22.8 Å². The molecule has 2 aromatic carbocycles. The number of piperazine rings is 1. The lowest BCUT2D eigenvalue weighted by Crippen LogP contribution is -2.56. The van der Waals surface area contributed by atoms with Crippen molar-refractivity contribution in [2.24, 2.45) is 0 Å². The van der Waals surface area contributed by atoms with Crippen LogP contribution in [0, 0.1) is 0 Å². The van der Waals surface area contributed by atoms with Gasteiger partial charge in [0, 0.05) is 19.6 Å². The molecular formula is C21H21F3N2O2. The largest absolute Gasteiger partial charge is 0.491 e. The minimum absolute atomic E-state index is 0.00289. The molecule has 0 bridgehead atoms. The highest BCUT2D eigenvalue weighted by atomic mass is 19.4. The molecule has 1 atom stereocenters. The number of ether oxygens (including phenoxy) is 1. The summed E-state index contributed by atoms with van der Waals surface area (Å²) >= 11 is 0. The van der Waals surface area contributed by atoms with Crippen molar-refractivity contribution in [1.29, 1.82) is 0 Å². The first-order valence-electron chi connectivity index (χ1n) is 9.34. The summed E-state index contributed by atoms with van der Waals surface area (Å²) in [6.45, 7) is 5.72. The molecule has 2 aliphatic rings. The fourth-order valence-corrected chi connectivity index (χ4v) is 3.81. The van der Waals surface area contributed by atoms with Gasteiger partial charge in [-0.15, -0.1) is 0 Å². The molecule has 0 unspecified atom stereocenters. The van der Waals surface area contributed by atoms with Crippen LogP contribution in [-0.2, 0) is 6.18 Å². The van der Waals surface area contributed by atoms with Gasteiger partial charge in [-0.2, -0.15) is 13.2 Å². The molecule has 1 amide bonds. The molecule has 0 radical (unpaired) electrons. The number of hydrogen-bond donors (Lipinski definition) is 0. The average molecular weight is 390 g/mol. The molecule has 0 saturated carbocycles. The standard InChI is InChI=1S/C21H21F3N2O2/c1-2-25-9-10-26-17(12-25)13-28-19-8-5-15(11-18(19)20(26)27)14-3-6-16(7-4-14)21(22,23)24/h3-8,11,17H,2,9-10,12-13H2,1H3/t17-/m1/s1. The van der Waals surface area contributed by atoms with Gasteiger partial charge in [0.25, 0.3) is 5.91 Å². The van der Waals surface area contributed by atoms with E-state index in [1.165, 1.54) is 12.1 Å². The molecule has 4 nitrogen and oxygen atoms in total. The average Bonchev–Trinajstić information content (AvgIpc) is 2.83. The number of alkyl halides is 3. The van der Waals surface area contributed by atoms with E-state index >= 15 is 0 Å². The number of fused-ring (bicyclic) bond motifs is 2. The Morgan fingerprint density at radius 1 is 1.07 bits per heavy atom. The number of amides is 1. The molecular weight excluding hydrogens is 369 g/mol. The SMILES string of the molecule is CCN1CCN2C(=O)c3cc(-c4ccc(C(F)(F)F)cc4)ccc3OC[C@H]2C1. The van der Waals surface area contributed by atoms with Crippen LogP contribution in [0.5, 0.6) is 5.75 Å². The van der Waals surface area contributed by atoms with Crippen molar-refractivity contribution in [3.05, 3.63) is 53.6 Å². The van der Waals surface area contributed by atoms with E-state index in [0.717, 1.165) is 31.8 Å². The van der Waals surface area contributed by atoms with Crippen molar-refractivity contribution in [1.82, 2.24) is 9.80 Å². The second-order valence-electron chi connectivity index (χ2n) is 7.14. The number of nitrogens with zero attached hydrogens (tertiary/aromatic N) is 2. The van der Waals surface area contributed by atoms with E-state index in [9.17, 15) is 18.0 Å². The van der Waals surface area contributed by atoms with Crippen LogP contribution < -0.4 is 4.74 Å². The quantitative estimate of drug-likeness (QED) is 0.780. The number of likely N-dealkylation sites (N-methyl/N-ethyl adjacent to an activating group) is 1. The van der Waals surface area contributed by atoms with Crippen molar-refractivity contribution in [3.8, 4) is 16.9 Å². The third-order valence-corrected chi connectivity index (χ3v) is 5.46. The van der Waals surface area contributed by atoms with Crippen LogP contribution in [0.25, 0.3) is 11.1 Å². The van der Waals surface area contributed by atoms with Gasteiger partial charge in [0.15, 0.2) is 0 Å². The van der Waals surface area contributed by atoms with Crippen LogP contribution in [0.2, 0.25) is 0 Å². The second-order valence-corrected chi connectivity index (χ2v) is 7.14. The maximum atomic E-state index is 13.1. The lowest BCUT2D eigenvalue weighted by Gasteiger charge is -2.39. The Hall–Kier alpha value is -2.54. The summed E-state index contributed by atoms with van der Waals surface area (Å²) in [7, 11) is 0. The maximum absolute atomic E-state index is 13.1. The number of carbonyl (C=O) groups is 1. The Labute approximate surface area is 161 Å². The topological polar surface area (TPSA) is 32.8 Å². The highest BCUT2D eigenvalue weighted by Gasteiger charge is 2.35. The van der Waals surface area contributed by atoms with Gasteiger partial charge in [0.05, 0.1) is 17.2 Å². The number of carbonyl (C=O) groups excluding carboxylic acids is 1. The Bertz CT molecular complexity index is 880. The van der Waals surface area contributed by atoms with Crippen molar-refractivity contribution in [2.75, 3.05) is 32.8 Å². The van der Waals surface area contributed by atoms with Gasteiger partial charge >= 0.3 is 6.18 Å². The molecule has 2 aliphatic heterocycles. The highest BCUT2D eigenvalue weighted by molar-refractivity contribution is 5.99. The summed E-state index contributed by atoms with van der Waals surface area (Å²) in [4.78, 5) is 17.3. The second kappa shape index (κ2) is 7.13. The minimum Gasteiger partial charge on any atom is -0.491 e. The van der Waals surface area contributed by atoms with Crippen molar-refractivity contribution >= 4 is 5.91 Å². The van der Waals surface area contributed by atoms with Gasteiger partial charge in [0.1, 0.15) is 12.4 Å². The zero-order chi connectivity index (χ0) is 19.9. The van der Waals surface area contributed by atoms with Crippen LogP contribution in [-0.4, -0.2) is 54.5 Å². The normalized spacial score (nSPS) is 20.2. The van der Waals surface area contributed by atoms with Crippen LogP contribution in [0.15, 0.2) is 42.5 Å². The summed E-state index contributed by atoms with van der Waals surface area (Å²) < 4.78 is 44.3. The maximum Gasteiger partial charge on any atom is 0.416 e. The fourth-order valence-electron chi connectivity index (χ4n) is 3.81. The van der Waals surface area contributed by atoms with E-state index in [1.54, 1.807) is 18.2 Å². The van der Waals surface area contributed by atoms with Crippen LogP contribution >= 0.6 is 0 Å². The van der Waals surface area contributed by atoms with Crippen molar-refractivity contribution in [3.63, 3.8) is 0 Å². The van der Waals surface area contributed by atoms with E-state index in [1.807, 2.05) is 4.90 Å². The molecule has 1 saturated heterocycles. The van der Waals surface area contributed by atoms with Gasteiger partial charge in [-0.1, -0.05) is 25.1 Å². The fraction of sp³-hybridized carbons (Fsp3) is 0.381. The van der Waals surface area contributed by atoms with E-state index in [-0.39, 0.29) is 11.9 Å². The van der Waals surface area contributed by atoms with Gasteiger partial charge < -0.3 is 9.64 Å². The summed E-state index contributed by atoms with van der Waals surface area (Å²) in [6, 6.07) is 10.2. The number of rotatable bonds is 2. The number of benzene rings is 2. The van der Waals surface area contributed by atoms with Crippen molar-refractivity contribution in [2.45, 2.75) is 19.1 Å². The summed E-state index contributed by atoms with van der Waals surface area (Å²) in [5.74, 6) is 0.445. The predicted octanol–water partition coefficient (Wildman–Crippen LogP) is 3.91. The first kappa shape index (κ1) is 18.8. The molecule has 4 rings (SSSR count). The lowest BCUT2D eigenvalue weighted by molar-refractivity contribution is -0.137. The molecule has 2 aromatic rings. The molecule has 7 heteroatoms. The zero-order valence-corrected chi connectivity index (χ0v) is 15.5. The summed E-state index contributed by atoms with van der Waals surface area (Å²) in [6.07, 6.45) is -4.37. The predicted molar refractivity (Wildman–Crippen MR) is 99.3 cm³/mol. The molecule has 148 valence electrons. The third-order valence-electron chi connectivity index (χ3n) is 5.46. The summed E-state index contributed by atoms with van der Waals surface area (Å²) in [5.41, 5.74) is 1.09. The monoisotopic (exact) mass is 390 g/mol. The molecule has 28 heavy (non-hydrogen) atoms.